The van der Waals surface area contributed by atoms with Crippen LogP contribution in [0.15, 0.2) is 63.9 Å². The molecule has 2 aromatic carbocycles. The van der Waals surface area contributed by atoms with Crippen LogP contribution in [0.3, 0.4) is 0 Å². The molecule has 0 unspecified atom stereocenters. The molecule has 0 bridgehead atoms. The van der Waals surface area contributed by atoms with Crippen LogP contribution in [-0.2, 0) is 14.8 Å². The van der Waals surface area contributed by atoms with E-state index in [-0.39, 0.29) is 16.8 Å². The van der Waals surface area contributed by atoms with E-state index in [4.69, 9.17) is 4.42 Å². The Bertz CT molecular complexity index is 1130. The zero-order valence-corrected chi connectivity index (χ0v) is 18.5. The second-order valence-electron chi connectivity index (χ2n) is 7.92. The van der Waals surface area contributed by atoms with Gasteiger partial charge in [-0.15, -0.1) is 0 Å². The Morgan fingerprint density at radius 2 is 1.71 bits per heavy atom. The summed E-state index contributed by atoms with van der Waals surface area (Å²) in [5.74, 6) is 0.551. The van der Waals surface area contributed by atoms with Gasteiger partial charge >= 0.3 is 0 Å². The molecule has 3 aromatic rings. The van der Waals surface area contributed by atoms with Crippen LogP contribution >= 0.6 is 0 Å². The Morgan fingerprint density at radius 1 is 1.03 bits per heavy atom. The van der Waals surface area contributed by atoms with E-state index in [1.165, 1.54) is 4.31 Å². The summed E-state index contributed by atoms with van der Waals surface area (Å²) in [5.41, 5.74) is 1.36. The van der Waals surface area contributed by atoms with Crippen LogP contribution in [0.4, 0.5) is 5.69 Å². The number of carbonyl (C=O) groups excluding carboxylic acids is 1. The summed E-state index contributed by atoms with van der Waals surface area (Å²) in [7, 11) is -3.46. The third-order valence-electron chi connectivity index (χ3n) is 5.59. The molecule has 0 aliphatic carbocycles. The van der Waals surface area contributed by atoms with Crippen LogP contribution in [0.1, 0.15) is 38.5 Å². The summed E-state index contributed by atoms with van der Waals surface area (Å²) in [6.07, 6.45) is 1.79. The topological polar surface area (TPSA) is 91.6 Å². The summed E-state index contributed by atoms with van der Waals surface area (Å²) < 4.78 is 32.6. The molecule has 164 valence electrons. The smallest absolute Gasteiger partial charge is 0.243 e. The van der Waals surface area contributed by atoms with Gasteiger partial charge in [0.1, 0.15) is 11.3 Å². The van der Waals surface area contributed by atoms with Crippen molar-refractivity contribution >= 4 is 32.6 Å². The second-order valence-corrected chi connectivity index (χ2v) is 9.86. The van der Waals surface area contributed by atoms with E-state index < -0.39 is 16.1 Å². The van der Waals surface area contributed by atoms with Gasteiger partial charge in [0, 0.05) is 24.2 Å². The van der Waals surface area contributed by atoms with Gasteiger partial charge < -0.3 is 9.73 Å². The van der Waals surface area contributed by atoms with E-state index in [0.717, 1.165) is 29.6 Å². The van der Waals surface area contributed by atoms with Gasteiger partial charge in [0.2, 0.25) is 15.9 Å². The van der Waals surface area contributed by atoms with Gasteiger partial charge in [-0.2, -0.15) is 4.31 Å². The van der Waals surface area contributed by atoms with Gasteiger partial charge in [0.05, 0.1) is 17.0 Å². The maximum atomic E-state index is 12.6. The van der Waals surface area contributed by atoms with Crippen molar-refractivity contribution in [1.29, 1.82) is 0 Å². The van der Waals surface area contributed by atoms with Gasteiger partial charge in [0.15, 0.2) is 0 Å². The SMILES string of the molecule is C[C@H](N[C@@H](C)c1cc2ccccc2o1)C(=O)Nc1ccc(S(=O)(=O)N2CCCC2)cc1. The first-order chi connectivity index (χ1) is 14.8. The number of hydrogen-bond donors (Lipinski definition) is 2. The zero-order chi connectivity index (χ0) is 22.0. The summed E-state index contributed by atoms with van der Waals surface area (Å²) in [6.45, 7) is 4.85. The molecule has 4 rings (SSSR count). The van der Waals surface area contributed by atoms with Crippen molar-refractivity contribution in [2.45, 2.75) is 43.7 Å². The van der Waals surface area contributed by atoms with E-state index in [1.54, 1.807) is 31.2 Å². The van der Waals surface area contributed by atoms with Gasteiger partial charge in [-0.25, -0.2) is 8.42 Å². The largest absolute Gasteiger partial charge is 0.459 e. The summed E-state index contributed by atoms with van der Waals surface area (Å²) in [4.78, 5) is 12.9. The van der Waals surface area contributed by atoms with E-state index >= 15 is 0 Å². The third-order valence-corrected chi connectivity index (χ3v) is 7.50. The summed E-state index contributed by atoms with van der Waals surface area (Å²) in [6, 6.07) is 15.4. The molecule has 1 aromatic heterocycles. The first kappa shape index (κ1) is 21.5. The lowest BCUT2D eigenvalue weighted by Crippen LogP contribution is -2.39. The minimum atomic E-state index is -3.46. The van der Waals surface area contributed by atoms with Gasteiger partial charge in [-0.05, 0) is 63.1 Å². The number of amides is 1. The Balaban J connectivity index is 1.37. The standard InChI is InChI=1S/C23H27N3O4S/c1-16(22-15-18-7-3-4-8-21(18)30-22)24-17(2)23(27)25-19-9-11-20(12-10-19)31(28,29)26-13-5-6-14-26/h3-4,7-12,15-17,24H,5-6,13-14H2,1-2H3,(H,25,27)/t16-,17-/m0/s1. The molecule has 7 nitrogen and oxygen atoms in total. The molecule has 31 heavy (non-hydrogen) atoms. The van der Waals surface area contributed by atoms with E-state index in [1.807, 2.05) is 37.3 Å². The van der Waals surface area contributed by atoms with Crippen molar-refractivity contribution in [3.63, 3.8) is 0 Å². The number of furan rings is 1. The van der Waals surface area contributed by atoms with Crippen LogP contribution in [-0.4, -0.2) is 37.8 Å². The molecule has 1 amide bonds. The molecule has 0 saturated carbocycles. The van der Waals surface area contributed by atoms with Crippen molar-refractivity contribution in [3.05, 3.63) is 60.4 Å². The van der Waals surface area contributed by atoms with Crippen molar-refractivity contribution in [1.82, 2.24) is 9.62 Å². The van der Waals surface area contributed by atoms with Gasteiger partial charge in [-0.1, -0.05) is 18.2 Å². The third kappa shape index (κ3) is 4.66. The molecule has 1 fully saturated rings. The molecule has 2 N–H and O–H groups in total. The lowest BCUT2D eigenvalue weighted by atomic mass is 10.2. The Hall–Kier alpha value is -2.68. The minimum absolute atomic E-state index is 0.152. The highest BCUT2D eigenvalue weighted by Gasteiger charge is 2.27. The second kappa shape index (κ2) is 8.82. The number of nitrogens with one attached hydrogen (secondary N) is 2. The van der Waals surface area contributed by atoms with Crippen molar-refractivity contribution in [2.75, 3.05) is 18.4 Å². The number of anilines is 1. The number of sulfonamides is 1. The first-order valence-electron chi connectivity index (χ1n) is 10.5. The Morgan fingerprint density at radius 3 is 2.39 bits per heavy atom. The number of carbonyl (C=O) groups is 1. The molecule has 8 heteroatoms. The number of benzene rings is 2. The Labute approximate surface area is 182 Å². The van der Waals surface area contributed by atoms with Crippen molar-refractivity contribution in [3.8, 4) is 0 Å². The van der Waals surface area contributed by atoms with E-state index in [0.29, 0.717) is 18.8 Å². The molecule has 2 atom stereocenters. The number of fused-ring (bicyclic) bond motifs is 1. The first-order valence-corrected chi connectivity index (χ1v) is 11.9. The van der Waals surface area contributed by atoms with Crippen LogP contribution in [0, 0.1) is 0 Å². The molecular weight excluding hydrogens is 414 g/mol. The van der Waals surface area contributed by atoms with Crippen LogP contribution in [0.25, 0.3) is 11.0 Å². The maximum Gasteiger partial charge on any atom is 0.243 e. The molecule has 0 radical (unpaired) electrons. The van der Waals surface area contributed by atoms with Crippen molar-refractivity contribution < 1.29 is 17.6 Å². The fraction of sp³-hybridized carbons (Fsp3) is 0.348. The van der Waals surface area contributed by atoms with Crippen LogP contribution in [0.2, 0.25) is 0 Å². The quantitative estimate of drug-likeness (QED) is 0.580. The zero-order valence-electron chi connectivity index (χ0n) is 17.7. The van der Waals surface area contributed by atoms with Crippen LogP contribution < -0.4 is 10.6 Å². The van der Waals surface area contributed by atoms with Crippen molar-refractivity contribution in [2.24, 2.45) is 0 Å². The number of nitrogens with zero attached hydrogens (tertiary/aromatic N) is 1. The number of rotatable bonds is 7. The highest BCUT2D eigenvalue weighted by molar-refractivity contribution is 7.89. The molecular formula is C23H27N3O4S. The number of para-hydroxylation sites is 1. The monoisotopic (exact) mass is 441 g/mol. The lowest BCUT2D eigenvalue weighted by Gasteiger charge is -2.19. The minimum Gasteiger partial charge on any atom is -0.459 e. The van der Waals surface area contributed by atoms with Crippen LogP contribution in [0.5, 0.6) is 0 Å². The predicted octanol–water partition coefficient (Wildman–Crippen LogP) is 3.90. The molecule has 1 saturated heterocycles. The van der Waals surface area contributed by atoms with Gasteiger partial charge in [-0.3, -0.25) is 10.1 Å². The molecule has 1 aliphatic heterocycles. The number of hydrogen-bond acceptors (Lipinski definition) is 5. The van der Waals surface area contributed by atoms with E-state index in [9.17, 15) is 13.2 Å². The Kier molecular flexibility index (Phi) is 6.13. The lowest BCUT2D eigenvalue weighted by molar-refractivity contribution is -0.118. The average Bonchev–Trinajstić information content (AvgIpc) is 3.44. The predicted molar refractivity (Wildman–Crippen MR) is 120 cm³/mol. The fourth-order valence-corrected chi connectivity index (χ4v) is 5.30. The molecule has 2 heterocycles. The molecule has 1 aliphatic rings. The van der Waals surface area contributed by atoms with E-state index in [2.05, 4.69) is 10.6 Å². The summed E-state index contributed by atoms with van der Waals surface area (Å²) >= 11 is 0. The fourth-order valence-electron chi connectivity index (χ4n) is 3.79. The molecule has 0 spiro atoms. The highest BCUT2D eigenvalue weighted by atomic mass is 32.2. The summed E-state index contributed by atoms with van der Waals surface area (Å²) in [5, 5.41) is 7.09. The normalized spacial score (nSPS) is 17.0. The highest BCUT2D eigenvalue weighted by Crippen LogP contribution is 2.24. The maximum absolute atomic E-state index is 12.6. The average molecular weight is 442 g/mol. The van der Waals surface area contributed by atoms with Gasteiger partial charge in [0.25, 0.3) is 0 Å².